The average molecular weight is 232 g/mol. The number of benzene rings is 1. The summed E-state index contributed by atoms with van der Waals surface area (Å²) in [7, 11) is 1.61. The second-order valence-electron chi connectivity index (χ2n) is 4.72. The van der Waals surface area contributed by atoms with Crippen LogP contribution in [-0.4, -0.2) is 12.2 Å². The summed E-state index contributed by atoms with van der Waals surface area (Å²) in [5, 5.41) is 9.55. The van der Waals surface area contributed by atoms with Crippen molar-refractivity contribution < 1.29 is 9.84 Å². The van der Waals surface area contributed by atoms with Crippen molar-refractivity contribution in [3.05, 3.63) is 29.8 Å². The van der Waals surface area contributed by atoms with E-state index in [1.165, 1.54) is 32.1 Å². The van der Waals surface area contributed by atoms with Crippen LogP contribution in [0.3, 0.4) is 0 Å². The third-order valence-corrected chi connectivity index (χ3v) is 3.36. The number of hydrogen-bond acceptors (Lipinski definition) is 2. The third-order valence-electron chi connectivity index (χ3n) is 3.36. The smallest absolute Gasteiger partial charge is 0.123 e. The summed E-state index contributed by atoms with van der Waals surface area (Å²) < 4.78 is 5.13. The summed E-state index contributed by atoms with van der Waals surface area (Å²) in [4.78, 5) is 0. The molecule has 17 heavy (non-hydrogen) atoms. The Morgan fingerprint density at radius 1 is 1.18 bits per heavy atom. The van der Waals surface area contributed by atoms with Crippen molar-refractivity contribution in [2.45, 2.75) is 32.1 Å². The van der Waals surface area contributed by atoms with E-state index in [1.807, 2.05) is 6.07 Å². The van der Waals surface area contributed by atoms with E-state index in [-0.39, 0.29) is 5.75 Å². The van der Waals surface area contributed by atoms with Gasteiger partial charge in [-0.15, -0.1) is 0 Å². The Balaban J connectivity index is 2.06. The highest BCUT2D eigenvalue weighted by atomic mass is 16.5. The van der Waals surface area contributed by atoms with Crippen LogP contribution in [0.15, 0.2) is 24.3 Å². The van der Waals surface area contributed by atoms with Gasteiger partial charge in [-0.3, -0.25) is 0 Å². The number of phenols is 1. The summed E-state index contributed by atoms with van der Waals surface area (Å²) in [6.07, 6.45) is 11.0. The van der Waals surface area contributed by atoms with E-state index in [1.54, 1.807) is 19.2 Å². The van der Waals surface area contributed by atoms with Crippen LogP contribution in [0.25, 0.3) is 6.08 Å². The fraction of sp³-hybridized carbons (Fsp3) is 0.467. The number of allylic oxidation sites excluding steroid dienone is 1. The molecule has 0 radical (unpaired) electrons. The lowest BCUT2D eigenvalue weighted by Gasteiger charge is -2.17. The summed E-state index contributed by atoms with van der Waals surface area (Å²) in [5.41, 5.74) is 1.01. The van der Waals surface area contributed by atoms with Gasteiger partial charge in [0.2, 0.25) is 0 Å². The van der Waals surface area contributed by atoms with E-state index < -0.39 is 0 Å². The zero-order valence-corrected chi connectivity index (χ0v) is 10.4. The quantitative estimate of drug-likeness (QED) is 0.853. The molecule has 0 saturated heterocycles. The number of rotatable bonds is 3. The molecule has 1 N–H and O–H groups in total. The van der Waals surface area contributed by atoms with E-state index in [4.69, 9.17) is 4.74 Å². The monoisotopic (exact) mass is 232 g/mol. The summed E-state index contributed by atoms with van der Waals surface area (Å²) in [6, 6.07) is 5.33. The first-order chi connectivity index (χ1) is 8.28. The molecule has 1 aromatic rings. The number of aromatic hydroxyl groups is 1. The van der Waals surface area contributed by atoms with Crippen LogP contribution in [-0.2, 0) is 0 Å². The van der Waals surface area contributed by atoms with Gasteiger partial charge in [-0.25, -0.2) is 0 Å². The van der Waals surface area contributed by atoms with E-state index in [9.17, 15) is 5.11 Å². The van der Waals surface area contributed by atoms with Gasteiger partial charge in [0.1, 0.15) is 11.5 Å². The number of hydrogen-bond donors (Lipinski definition) is 1. The van der Waals surface area contributed by atoms with E-state index in [0.29, 0.717) is 11.7 Å². The van der Waals surface area contributed by atoms with Gasteiger partial charge >= 0.3 is 0 Å². The first-order valence-corrected chi connectivity index (χ1v) is 6.34. The van der Waals surface area contributed by atoms with Gasteiger partial charge in [-0.2, -0.15) is 0 Å². The van der Waals surface area contributed by atoms with E-state index in [2.05, 4.69) is 12.2 Å². The van der Waals surface area contributed by atoms with Crippen molar-refractivity contribution in [2.24, 2.45) is 5.92 Å². The highest BCUT2D eigenvalue weighted by Crippen LogP contribution is 2.27. The SMILES string of the molecule is COc1cc(O)cc(/C=C/C2CCCCC2)c1. The number of ether oxygens (including phenoxy) is 1. The van der Waals surface area contributed by atoms with Crippen LogP contribution >= 0.6 is 0 Å². The van der Waals surface area contributed by atoms with Crippen molar-refractivity contribution in [1.82, 2.24) is 0 Å². The van der Waals surface area contributed by atoms with E-state index in [0.717, 1.165) is 5.56 Å². The normalized spacial score (nSPS) is 17.5. The fourth-order valence-corrected chi connectivity index (χ4v) is 2.39. The van der Waals surface area contributed by atoms with Crippen LogP contribution in [0.5, 0.6) is 11.5 Å². The Labute approximate surface area is 103 Å². The molecule has 0 aromatic heterocycles. The number of phenolic OH excluding ortho intramolecular Hbond substituents is 1. The van der Waals surface area contributed by atoms with Crippen molar-refractivity contribution in [1.29, 1.82) is 0 Å². The first kappa shape index (κ1) is 12.0. The van der Waals surface area contributed by atoms with Crippen molar-refractivity contribution >= 4 is 6.08 Å². The molecule has 0 bridgehead atoms. The highest BCUT2D eigenvalue weighted by molar-refractivity contribution is 5.55. The molecular formula is C15H20O2. The maximum absolute atomic E-state index is 9.55. The van der Waals surface area contributed by atoms with Gasteiger partial charge in [0.15, 0.2) is 0 Å². The van der Waals surface area contributed by atoms with Gasteiger partial charge in [0.25, 0.3) is 0 Å². The van der Waals surface area contributed by atoms with Gasteiger partial charge < -0.3 is 9.84 Å². The minimum absolute atomic E-state index is 0.257. The molecular weight excluding hydrogens is 212 g/mol. The minimum Gasteiger partial charge on any atom is -0.508 e. The average Bonchev–Trinajstić information content (AvgIpc) is 2.37. The van der Waals surface area contributed by atoms with Gasteiger partial charge in [0, 0.05) is 6.07 Å². The highest BCUT2D eigenvalue weighted by Gasteiger charge is 2.09. The number of methoxy groups -OCH3 is 1. The molecule has 0 atom stereocenters. The molecule has 1 aliphatic carbocycles. The molecule has 92 valence electrons. The first-order valence-electron chi connectivity index (χ1n) is 6.34. The Morgan fingerprint density at radius 3 is 2.65 bits per heavy atom. The van der Waals surface area contributed by atoms with Gasteiger partial charge in [0.05, 0.1) is 7.11 Å². The fourth-order valence-electron chi connectivity index (χ4n) is 2.39. The zero-order chi connectivity index (χ0) is 12.1. The molecule has 0 amide bonds. The zero-order valence-electron chi connectivity index (χ0n) is 10.4. The van der Waals surface area contributed by atoms with Gasteiger partial charge in [-0.05, 0) is 36.5 Å². The van der Waals surface area contributed by atoms with Gasteiger partial charge in [-0.1, -0.05) is 31.4 Å². The predicted molar refractivity (Wildman–Crippen MR) is 70.3 cm³/mol. The lowest BCUT2D eigenvalue weighted by Crippen LogP contribution is -2.02. The van der Waals surface area contributed by atoms with Crippen LogP contribution in [0.1, 0.15) is 37.7 Å². The third kappa shape index (κ3) is 3.52. The van der Waals surface area contributed by atoms with Crippen LogP contribution in [0.4, 0.5) is 0 Å². The summed E-state index contributed by atoms with van der Waals surface area (Å²) in [6.45, 7) is 0. The maximum Gasteiger partial charge on any atom is 0.123 e. The Hall–Kier alpha value is -1.44. The van der Waals surface area contributed by atoms with Crippen LogP contribution in [0, 0.1) is 5.92 Å². The summed E-state index contributed by atoms with van der Waals surface area (Å²) in [5.74, 6) is 1.66. The summed E-state index contributed by atoms with van der Waals surface area (Å²) >= 11 is 0. The minimum atomic E-state index is 0.257. The largest absolute Gasteiger partial charge is 0.508 e. The van der Waals surface area contributed by atoms with Crippen molar-refractivity contribution in [3.63, 3.8) is 0 Å². The van der Waals surface area contributed by atoms with Crippen LogP contribution in [0.2, 0.25) is 0 Å². The Bertz CT molecular complexity index is 390. The maximum atomic E-state index is 9.55. The molecule has 2 nitrogen and oxygen atoms in total. The van der Waals surface area contributed by atoms with E-state index >= 15 is 0 Å². The second kappa shape index (κ2) is 5.76. The molecule has 1 fully saturated rings. The molecule has 0 unspecified atom stereocenters. The lowest BCUT2D eigenvalue weighted by atomic mass is 9.89. The standard InChI is InChI=1S/C15H20O2/c1-17-15-10-13(9-14(16)11-15)8-7-12-5-3-2-4-6-12/h7-12,16H,2-6H2,1H3/b8-7+. The Kier molecular flexibility index (Phi) is 4.08. The van der Waals surface area contributed by atoms with Crippen molar-refractivity contribution in [3.8, 4) is 11.5 Å². The molecule has 0 aliphatic heterocycles. The molecule has 1 aromatic carbocycles. The second-order valence-corrected chi connectivity index (χ2v) is 4.72. The molecule has 1 saturated carbocycles. The predicted octanol–water partition coefficient (Wildman–Crippen LogP) is 3.99. The van der Waals surface area contributed by atoms with Crippen LogP contribution < -0.4 is 4.74 Å². The molecule has 1 aliphatic rings. The molecule has 0 spiro atoms. The Morgan fingerprint density at radius 2 is 1.94 bits per heavy atom. The lowest BCUT2D eigenvalue weighted by molar-refractivity contribution is 0.407. The topological polar surface area (TPSA) is 29.5 Å². The van der Waals surface area contributed by atoms with Crippen molar-refractivity contribution in [2.75, 3.05) is 7.11 Å². The molecule has 0 heterocycles. The molecule has 2 heteroatoms. The molecule has 2 rings (SSSR count).